The molecule has 0 aliphatic carbocycles. The molecule has 33 heavy (non-hydrogen) atoms. The predicted octanol–water partition coefficient (Wildman–Crippen LogP) is 4.57. The number of aromatic carboxylic acids is 1. The lowest BCUT2D eigenvalue weighted by Crippen LogP contribution is -2.29. The van der Waals surface area contributed by atoms with Crippen molar-refractivity contribution in [2.24, 2.45) is 0 Å². The topological polar surface area (TPSA) is 119 Å². The number of nitrogens with zero attached hydrogens (tertiary/aromatic N) is 3. The van der Waals surface area contributed by atoms with Gasteiger partial charge in [-0.05, 0) is 36.3 Å². The number of carboxylic acids is 2. The molecule has 0 spiro atoms. The van der Waals surface area contributed by atoms with E-state index in [9.17, 15) is 23.1 Å². The van der Waals surface area contributed by atoms with Gasteiger partial charge in [-0.15, -0.1) is 5.10 Å². The Bertz CT molecular complexity index is 1130. The Kier molecular flexibility index (Phi) is 7.79. The van der Waals surface area contributed by atoms with Crippen molar-refractivity contribution < 1.29 is 33.0 Å². The maximum absolute atomic E-state index is 11.2. The van der Waals surface area contributed by atoms with Crippen LogP contribution in [0.15, 0.2) is 41.4 Å². The maximum Gasteiger partial charge on any atom is 0.490 e. The van der Waals surface area contributed by atoms with E-state index in [-0.39, 0.29) is 5.69 Å². The van der Waals surface area contributed by atoms with Gasteiger partial charge in [-0.2, -0.15) is 13.2 Å². The standard InChI is InChI=1S/C19H20N4O2S.C2HF3O2/c24-19(25)17-18(21-22-20-17)26-12-13-8-9-16(23-10-4-1-5-11-23)15-7-3-2-6-14(13)15;3-2(4,5)1(6)7/h2-3,6-9H,1,4-5,10-12H2,(H,24,25)(H,20,21,22);(H,6,7). The van der Waals surface area contributed by atoms with Gasteiger partial charge >= 0.3 is 18.1 Å². The van der Waals surface area contributed by atoms with E-state index in [0.717, 1.165) is 13.1 Å². The summed E-state index contributed by atoms with van der Waals surface area (Å²) >= 11 is 1.39. The highest BCUT2D eigenvalue weighted by atomic mass is 32.2. The largest absolute Gasteiger partial charge is 0.490 e. The summed E-state index contributed by atoms with van der Waals surface area (Å²) in [7, 11) is 0. The van der Waals surface area contributed by atoms with Gasteiger partial charge in [0.2, 0.25) is 0 Å². The fourth-order valence-corrected chi connectivity index (χ4v) is 4.41. The molecule has 3 aromatic rings. The first-order valence-corrected chi connectivity index (χ1v) is 11.0. The molecule has 0 bridgehead atoms. The number of aromatic amines is 1. The van der Waals surface area contributed by atoms with Gasteiger partial charge in [0.25, 0.3) is 0 Å². The number of thioether (sulfide) groups is 1. The number of aliphatic carboxylic acids is 1. The molecular formula is C21H21F3N4O4S. The molecule has 1 fully saturated rings. The van der Waals surface area contributed by atoms with E-state index in [2.05, 4.69) is 56.7 Å². The molecule has 8 nitrogen and oxygen atoms in total. The van der Waals surface area contributed by atoms with Crippen LogP contribution in [0, 0.1) is 0 Å². The summed E-state index contributed by atoms with van der Waals surface area (Å²) in [6.45, 7) is 2.22. The van der Waals surface area contributed by atoms with Crippen LogP contribution in [0.2, 0.25) is 0 Å². The van der Waals surface area contributed by atoms with Crippen LogP contribution >= 0.6 is 11.8 Å². The van der Waals surface area contributed by atoms with E-state index in [1.54, 1.807) is 0 Å². The zero-order chi connectivity index (χ0) is 24.0. The highest BCUT2D eigenvalue weighted by Gasteiger charge is 2.38. The minimum atomic E-state index is -5.08. The van der Waals surface area contributed by atoms with Crippen LogP contribution in [-0.2, 0) is 10.5 Å². The van der Waals surface area contributed by atoms with Crippen LogP contribution in [0.4, 0.5) is 18.9 Å². The monoisotopic (exact) mass is 482 g/mol. The number of aromatic nitrogens is 3. The Labute approximate surface area is 190 Å². The molecule has 0 atom stereocenters. The van der Waals surface area contributed by atoms with Gasteiger partial charge in [0.1, 0.15) is 0 Å². The molecule has 1 saturated heterocycles. The molecule has 176 valence electrons. The maximum atomic E-state index is 11.2. The smallest absolute Gasteiger partial charge is 0.476 e. The van der Waals surface area contributed by atoms with Gasteiger partial charge in [0, 0.05) is 29.9 Å². The highest BCUT2D eigenvalue weighted by Crippen LogP contribution is 2.34. The summed E-state index contributed by atoms with van der Waals surface area (Å²) in [4.78, 5) is 22.6. The quantitative estimate of drug-likeness (QED) is 0.453. The van der Waals surface area contributed by atoms with Crippen molar-refractivity contribution in [3.8, 4) is 0 Å². The van der Waals surface area contributed by atoms with E-state index >= 15 is 0 Å². The van der Waals surface area contributed by atoms with Gasteiger partial charge < -0.3 is 15.1 Å². The van der Waals surface area contributed by atoms with Crippen molar-refractivity contribution in [2.45, 2.75) is 36.2 Å². The molecule has 0 unspecified atom stereocenters. The number of fused-ring (bicyclic) bond motifs is 1. The highest BCUT2D eigenvalue weighted by molar-refractivity contribution is 7.98. The minimum absolute atomic E-state index is 0.0456. The number of hydrogen-bond acceptors (Lipinski definition) is 6. The molecule has 1 aromatic heterocycles. The second kappa shape index (κ2) is 10.6. The van der Waals surface area contributed by atoms with Gasteiger partial charge in [0.15, 0.2) is 10.7 Å². The second-order valence-electron chi connectivity index (χ2n) is 7.23. The van der Waals surface area contributed by atoms with Gasteiger partial charge in [0.05, 0.1) is 0 Å². The van der Waals surface area contributed by atoms with Gasteiger partial charge in [-0.3, -0.25) is 5.10 Å². The third-order valence-corrected chi connectivity index (χ3v) is 6.04. The molecule has 0 saturated carbocycles. The lowest BCUT2D eigenvalue weighted by molar-refractivity contribution is -0.192. The van der Waals surface area contributed by atoms with Crippen molar-refractivity contribution in [1.29, 1.82) is 0 Å². The number of rotatable bonds is 5. The second-order valence-corrected chi connectivity index (χ2v) is 8.19. The number of carbonyl (C=O) groups is 2. The van der Waals surface area contributed by atoms with Crippen LogP contribution < -0.4 is 4.90 Å². The number of H-pyrrole nitrogens is 1. The lowest BCUT2D eigenvalue weighted by atomic mass is 10.0. The van der Waals surface area contributed by atoms with Crippen molar-refractivity contribution in [2.75, 3.05) is 18.0 Å². The van der Waals surface area contributed by atoms with E-state index in [1.807, 2.05) is 0 Å². The third-order valence-electron chi connectivity index (χ3n) is 5.03. The van der Waals surface area contributed by atoms with E-state index in [0.29, 0.717) is 10.8 Å². The Morgan fingerprint density at radius 3 is 2.27 bits per heavy atom. The van der Waals surface area contributed by atoms with Crippen LogP contribution in [0.25, 0.3) is 10.8 Å². The van der Waals surface area contributed by atoms with Crippen molar-refractivity contribution >= 4 is 40.2 Å². The number of hydrogen-bond donors (Lipinski definition) is 3. The van der Waals surface area contributed by atoms with E-state index in [1.165, 1.54) is 53.0 Å². The first kappa shape index (κ1) is 24.4. The summed E-state index contributed by atoms with van der Waals surface area (Å²) in [5, 5.41) is 29.1. The average molecular weight is 482 g/mol. The van der Waals surface area contributed by atoms with E-state index < -0.39 is 18.1 Å². The van der Waals surface area contributed by atoms with Gasteiger partial charge in [-0.25, -0.2) is 9.59 Å². The number of halogens is 3. The van der Waals surface area contributed by atoms with Crippen molar-refractivity contribution in [3.05, 3.63) is 47.7 Å². The Morgan fingerprint density at radius 1 is 1.03 bits per heavy atom. The number of alkyl halides is 3. The number of anilines is 1. The zero-order valence-electron chi connectivity index (χ0n) is 17.3. The zero-order valence-corrected chi connectivity index (χ0v) is 18.1. The van der Waals surface area contributed by atoms with Crippen molar-refractivity contribution in [1.82, 2.24) is 15.4 Å². The third kappa shape index (κ3) is 6.15. The van der Waals surface area contributed by atoms with Crippen LogP contribution in [0.3, 0.4) is 0 Å². The van der Waals surface area contributed by atoms with E-state index in [4.69, 9.17) is 9.90 Å². The fourth-order valence-electron chi connectivity index (χ4n) is 3.49. The van der Waals surface area contributed by atoms with Crippen LogP contribution in [-0.4, -0.2) is 56.8 Å². The molecule has 1 aliphatic heterocycles. The summed E-state index contributed by atoms with van der Waals surface area (Å²) in [5.74, 6) is -3.15. The first-order valence-electron chi connectivity index (χ1n) is 10.0. The molecule has 1 aliphatic rings. The van der Waals surface area contributed by atoms with Crippen LogP contribution in [0.1, 0.15) is 35.3 Å². The SMILES string of the molecule is O=C(O)C(F)(F)F.O=C(O)c1[nH]nnc1SCc1ccc(N2CCCCC2)c2ccccc12. The number of piperidine rings is 1. The minimum Gasteiger partial charge on any atom is -0.476 e. The Morgan fingerprint density at radius 2 is 1.67 bits per heavy atom. The normalized spacial score (nSPS) is 14.0. The fraction of sp³-hybridized carbons (Fsp3) is 0.333. The molecule has 12 heteroatoms. The summed E-state index contributed by atoms with van der Waals surface area (Å²) < 4.78 is 31.7. The van der Waals surface area contributed by atoms with Crippen LogP contribution in [0.5, 0.6) is 0 Å². The lowest BCUT2D eigenvalue weighted by Gasteiger charge is -2.30. The first-order chi connectivity index (χ1) is 15.7. The molecule has 2 heterocycles. The molecule has 0 amide bonds. The Hall–Kier alpha value is -3.28. The number of nitrogens with one attached hydrogen (secondary N) is 1. The molecular weight excluding hydrogens is 461 g/mol. The summed E-state index contributed by atoms with van der Waals surface area (Å²) in [5.41, 5.74) is 2.51. The Balaban J connectivity index is 0.000000383. The molecule has 0 radical (unpaired) electrons. The number of benzene rings is 2. The van der Waals surface area contributed by atoms with Gasteiger partial charge in [-0.1, -0.05) is 47.3 Å². The average Bonchev–Trinajstić information content (AvgIpc) is 3.27. The van der Waals surface area contributed by atoms with Crippen molar-refractivity contribution in [3.63, 3.8) is 0 Å². The summed E-state index contributed by atoms with van der Waals surface area (Å²) in [6.07, 6.45) is -1.28. The predicted molar refractivity (Wildman–Crippen MR) is 117 cm³/mol. The summed E-state index contributed by atoms with van der Waals surface area (Å²) in [6, 6.07) is 12.8. The molecule has 3 N–H and O–H groups in total. The number of carboxylic acid groups (broad SMARTS) is 2. The molecule has 4 rings (SSSR count). The molecule has 2 aromatic carbocycles.